The summed E-state index contributed by atoms with van der Waals surface area (Å²) in [5, 5.41) is 2.98. The lowest BCUT2D eigenvalue weighted by Gasteiger charge is -2.31. The highest BCUT2D eigenvalue weighted by Gasteiger charge is 2.28. The van der Waals surface area contributed by atoms with E-state index in [9.17, 15) is 14.0 Å². The SMILES string of the molecule is Cc1cc(Br)ccc1NC(=O)C1CCN(C(=O)c2ccc(F)cc2)CC1. The van der Waals surface area contributed by atoms with E-state index in [1.807, 2.05) is 25.1 Å². The van der Waals surface area contributed by atoms with Crippen molar-refractivity contribution >= 4 is 33.4 Å². The first-order valence-electron chi connectivity index (χ1n) is 8.56. The second-order valence-electron chi connectivity index (χ2n) is 6.52. The summed E-state index contributed by atoms with van der Waals surface area (Å²) < 4.78 is 14.0. The molecule has 1 fully saturated rings. The van der Waals surface area contributed by atoms with Crippen LogP contribution in [0, 0.1) is 18.7 Å². The summed E-state index contributed by atoms with van der Waals surface area (Å²) in [6, 6.07) is 11.3. The first-order valence-corrected chi connectivity index (χ1v) is 9.35. The maximum atomic E-state index is 13.0. The molecule has 1 aliphatic rings. The van der Waals surface area contributed by atoms with Gasteiger partial charge in [-0.15, -0.1) is 0 Å². The molecule has 0 atom stereocenters. The van der Waals surface area contributed by atoms with E-state index < -0.39 is 0 Å². The molecule has 0 aromatic heterocycles. The third kappa shape index (κ3) is 4.30. The van der Waals surface area contributed by atoms with Gasteiger partial charge in [0.25, 0.3) is 5.91 Å². The van der Waals surface area contributed by atoms with Crippen LogP contribution in [-0.4, -0.2) is 29.8 Å². The minimum absolute atomic E-state index is 0.00990. The number of carbonyl (C=O) groups is 2. The molecule has 3 rings (SSSR count). The molecule has 0 bridgehead atoms. The van der Waals surface area contributed by atoms with Crippen molar-refractivity contribution in [2.45, 2.75) is 19.8 Å². The molecule has 2 aromatic carbocycles. The minimum Gasteiger partial charge on any atom is -0.339 e. The quantitative estimate of drug-likeness (QED) is 0.803. The Balaban J connectivity index is 1.56. The van der Waals surface area contributed by atoms with Crippen LogP contribution in [-0.2, 0) is 4.79 Å². The van der Waals surface area contributed by atoms with Crippen LogP contribution in [0.2, 0.25) is 0 Å². The molecule has 4 nitrogen and oxygen atoms in total. The number of piperidine rings is 1. The van der Waals surface area contributed by atoms with Crippen LogP contribution >= 0.6 is 15.9 Å². The Morgan fingerprint density at radius 1 is 1.12 bits per heavy atom. The van der Waals surface area contributed by atoms with Gasteiger partial charge in [-0.05, 0) is 67.8 Å². The van der Waals surface area contributed by atoms with Crippen LogP contribution in [0.3, 0.4) is 0 Å². The molecule has 2 amide bonds. The van der Waals surface area contributed by atoms with E-state index in [1.165, 1.54) is 24.3 Å². The van der Waals surface area contributed by atoms with Crippen molar-refractivity contribution in [3.8, 4) is 0 Å². The number of aryl methyl sites for hydroxylation is 1. The molecule has 2 aromatic rings. The van der Waals surface area contributed by atoms with E-state index in [0.717, 1.165) is 15.7 Å². The Bertz CT molecular complexity index is 815. The third-order valence-electron chi connectivity index (χ3n) is 4.69. The number of nitrogens with one attached hydrogen (secondary N) is 1. The number of rotatable bonds is 3. The van der Waals surface area contributed by atoms with Gasteiger partial charge in [0.1, 0.15) is 5.82 Å². The van der Waals surface area contributed by atoms with Crippen LogP contribution in [0.25, 0.3) is 0 Å². The number of benzene rings is 2. The topological polar surface area (TPSA) is 49.4 Å². The Hall–Kier alpha value is -2.21. The molecule has 1 saturated heterocycles. The molecular formula is C20H20BrFN2O2. The number of likely N-dealkylation sites (tertiary alicyclic amines) is 1. The van der Waals surface area contributed by atoms with Crippen molar-refractivity contribution in [3.63, 3.8) is 0 Å². The first kappa shape index (κ1) is 18.6. The number of hydrogen-bond donors (Lipinski definition) is 1. The largest absolute Gasteiger partial charge is 0.339 e. The maximum Gasteiger partial charge on any atom is 0.253 e. The van der Waals surface area contributed by atoms with Gasteiger partial charge in [0.05, 0.1) is 0 Å². The highest BCUT2D eigenvalue weighted by Crippen LogP contribution is 2.24. The smallest absolute Gasteiger partial charge is 0.253 e. The third-order valence-corrected chi connectivity index (χ3v) is 5.18. The molecule has 1 aliphatic heterocycles. The second-order valence-corrected chi connectivity index (χ2v) is 7.44. The Kier molecular flexibility index (Phi) is 5.71. The molecule has 0 radical (unpaired) electrons. The average molecular weight is 419 g/mol. The Morgan fingerprint density at radius 3 is 2.38 bits per heavy atom. The summed E-state index contributed by atoms with van der Waals surface area (Å²) in [4.78, 5) is 26.7. The van der Waals surface area contributed by atoms with Crippen LogP contribution in [0.15, 0.2) is 46.9 Å². The number of carbonyl (C=O) groups excluding carboxylic acids is 2. The van der Waals surface area contributed by atoms with Crippen LogP contribution < -0.4 is 5.32 Å². The van der Waals surface area contributed by atoms with Gasteiger partial charge >= 0.3 is 0 Å². The van der Waals surface area contributed by atoms with Gasteiger partial charge in [-0.25, -0.2) is 4.39 Å². The van der Waals surface area contributed by atoms with Crippen LogP contribution in [0.5, 0.6) is 0 Å². The van der Waals surface area contributed by atoms with Gasteiger partial charge in [-0.1, -0.05) is 15.9 Å². The lowest BCUT2D eigenvalue weighted by Crippen LogP contribution is -2.41. The molecule has 6 heteroatoms. The van der Waals surface area contributed by atoms with E-state index >= 15 is 0 Å². The number of amides is 2. The zero-order chi connectivity index (χ0) is 18.7. The van der Waals surface area contributed by atoms with Crippen molar-refractivity contribution in [1.82, 2.24) is 4.90 Å². The summed E-state index contributed by atoms with van der Waals surface area (Å²) in [6.45, 7) is 2.99. The monoisotopic (exact) mass is 418 g/mol. The highest BCUT2D eigenvalue weighted by atomic mass is 79.9. The molecule has 136 valence electrons. The fraction of sp³-hybridized carbons (Fsp3) is 0.300. The average Bonchev–Trinajstić information content (AvgIpc) is 2.64. The maximum absolute atomic E-state index is 13.0. The predicted molar refractivity (Wildman–Crippen MR) is 103 cm³/mol. The van der Waals surface area contributed by atoms with E-state index in [4.69, 9.17) is 0 Å². The summed E-state index contributed by atoms with van der Waals surface area (Å²) in [7, 11) is 0. The van der Waals surface area contributed by atoms with Gasteiger partial charge < -0.3 is 10.2 Å². The second kappa shape index (κ2) is 7.99. The van der Waals surface area contributed by atoms with Crippen molar-refractivity contribution in [1.29, 1.82) is 0 Å². The minimum atomic E-state index is -0.361. The summed E-state index contributed by atoms with van der Waals surface area (Å²) in [6.07, 6.45) is 1.24. The summed E-state index contributed by atoms with van der Waals surface area (Å²) in [5.74, 6) is -0.604. The fourth-order valence-electron chi connectivity index (χ4n) is 3.12. The summed E-state index contributed by atoms with van der Waals surface area (Å²) >= 11 is 3.41. The highest BCUT2D eigenvalue weighted by molar-refractivity contribution is 9.10. The van der Waals surface area contributed by atoms with Gasteiger partial charge in [0.15, 0.2) is 0 Å². The normalized spacial score (nSPS) is 15.0. The molecule has 26 heavy (non-hydrogen) atoms. The van der Waals surface area contributed by atoms with Gasteiger partial charge in [0, 0.05) is 34.7 Å². The Morgan fingerprint density at radius 2 is 1.77 bits per heavy atom. The van der Waals surface area contributed by atoms with Gasteiger partial charge in [0.2, 0.25) is 5.91 Å². The first-order chi connectivity index (χ1) is 12.4. The summed E-state index contributed by atoms with van der Waals surface area (Å²) in [5.41, 5.74) is 2.28. The van der Waals surface area contributed by atoms with Crippen molar-refractivity contribution in [2.75, 3.05) is 18.4 Å². The molecule has 1 N–H and O–H groups in total. The predicted octanol–water partition coefficient (Wildman–Crippen LogP) is 4.39. The van der Waals surface area contributed by atoms with Crippen molar-refractivity contribution in [3.05, 3.63) is 63.9 Å². The van der Waals surface area contributed by atoms with Gasteiger partial charge in [-0.3, -0.25) is 9.59 Å². The standard InChI is InChI=1S/C20H20BrFN2O2/c1-13-12-16(21)4-7-18(13)23-19(25)14-8-10-24(11-9-14)20(26)15-2-5-17(22)6-3-15/h2-7,12,14H,8-11H2,1H3,(H,23,25). The van der Waals surface area contributed by atoms with E-state index in [-0.39, 0.29) is 23.5 Å². The van der Waals surface area contributed by atoms with Gasteiger partial charge in [-0.2, -0.15) is 0 Å². The molecule has 0 saturated carbocycles. The lowest BCUT2D eigenvalue weighted by atomic mass is 9.95. The van der Waals surface area contributed by atoms with Crippen LogP contribution in [0.4, 0.5) is 10.1 Å². The van der Waals surface area contributed by atoms with E-state index in [0.29, 0.717) is 31.5 Å². The number of nitrogens with zero attached hydrogens (tertiary/aromatic N) is 1. The number of anilines is 1. The molecule has 0 unspecified atom stereocenters. The van der Waals surface area contributed by atoms with E-state index in [2.05, 4.69) is 21.2 Å². The number of hydrogen-bond acceptors (Lipinski definition) is 2. The Labute approximate surface area is 160 Å². The molecule has 0 aliphatic carbocycles. The molecule has 1 heterocycles. The van der Waals surface area contributed by atoms with Crippen molar-refractivity contribution in [2.24, 2.45) is 5.92 Å². The fourth-order valence-corrected chi connectivity index (χ4v) is 3.60. The lowest BCUT2D eigenvalue weighted by molar-refractivity contribution is -0.121. The van der Waals surface area contributed by atoms with Crippen LogP contribution in [0.1, 0.15) is 28.8 Å². The zero-order valence-corrected chi connectivity index (χ0v) is 16.1. The zero-order valence-electron chi connectivity index (χ0n) is 14.5. The molecule has 0 spiro atoms. The van der Waals surface area contributed by atoms with E-state index in [1.54, 1.807) is 4.90 Å². The molecular weight excluding hydrogens is 399 g/mol. The van der Waals surface area contributed by atoms with Crippen molar-refractivity contribution < 1.29 is 14.0 Å². The number of halogens is 2.